The van der Waals surface area contributed by atoms with Crippen molar-refractivity contribution in [3.63, 3.8) is 0 Å². The van der Waals surface area contributed by atoms with Gasteiger partial charge in [-0.3, -0.25) is 0 Å². The fraction of sp³-hybridized carbons (Fsp3) is 0. The number of ether oxygens (including phenoxy) is 2. The summed E-state index contributed by atoms with van der Waals surface area (Å²) >= 11 is 12.0. The van der Waals surface area contributed by atoms with Gasteiger partial charge in [-0.15, -0.1) is 0 Å². The first kappa shape index (κ1) is 21.5. The maximum absolute atomic E-state index is 12.7. The Kier molecular flexibility index (Phi) is 6.44. The van der Waals surface area contributed by atoms with E-state index in [2.05, 4.69) is 0 Å². The third kappa shape index (κ3) is 4.94. The van der Waals surface area contributed by atoms with Crippen LogP contribution < -0.4 is 0 Å². The van der Waals surface area contributed by atoms with Gasteiger partial charge in [-0.25, -0.2) is 9.59 Å². The topological polar surface area (TPSA) is 78.9 Å². The Hall–Kier alpha value is -3.74. The predicted molar refractivity (Wildman–Crippen MR) is 118 cm³/mol. The third-order valence-corrected chi connectivity index (χ3v) is 4.76. The number of hydrogen-bond acceptors (Lipinski definition) is 6. The van der Waals surface area contributed by atoms with Gasteiger partial charge in [0, 0.05) is 21.2 Å². The van der Waals surface area contributed by atoms with Crippen molar-refractivity contribution in [1.82, 2.24) is 0 Å². The Balaban J connectivity index is 1.86. The first-order valence-electron chi connectivity index (χ1n) is 9.29. The van der Waals surface area contributed by atoms with Crippen LogP contribution in [0, 0.1) is 0 Å². The lowest BCUT2D eigenvalue weighted by atomic mass is 10.1. The van der Waals surface area contributed by atoms with E-state index in [9.17, 15) is 9.59 Å². The molecule has 0 saturated carbocycles. The molecule has 32 heavy (non-hydrogen) atoms. The molecule has 2 heterocycles. The zero-order valence-corrected chi connectivity index (χ0v) is 17.8. The molecule has 0 saturated heterocycles. The Labute approximate surface area is 192 Å². The quantitative estimate of drug-likeness (QED) is 0.177. The lowest BCUT2D eigenvalue weighted by Crippen LogP contribution is -2.10. The average Bonchev–Trinajstić information content (AvgIpc) is 3.52. The van der Waals surface area contributed by atoms with Gasteiger partial charge in [0.1, 0.15) is 0 Å². The standard InChI is InChI=1S/C24H14Cl2O6/c25-17-9-5-15(6-10-17)21(31-23(27)19-3-1-13-29-19)22(16-7-11-18(26)12-8-16)32-24(28)20-4-2-14-30-20/h1-14H. The molecular formula is C24H14Cl2O6. The number of halogens is 2. The first-order chi connectivity index (χ1) is 15.5. The summed E-state index contributed by atoms with van der Waals surface area (Å²) in [4.78, 5) is 25.4. The zero-order valence-electron chi connectivity index (χ0n) is 16.3. The second-order valence-corrected chi connectivity index (χ2v) is 7.28. The van der Waals surface area contributed by atoms with E-state index in [1.54, 1.807) is 60.7 Å². The Bertz CT molecular complexity index is 1140. The molecule has 0 radical (unpaired) electrons. The number of furan rings is 2. The summed E-state index contributed by atoms with van der Waals surface area (Å²) in [5, 5.41) is 0.956. The SMILES string of the molecule is O=C(OC(=C(OC(=O)c1ccco1)c1ccc(Cl)cc1)c1ccc(Cl)cc1)c1ccco1. The van der Waals surface area contributed by atoms with Crippen LogP contribution in [0.1, 0.15) is 32.2 Å². The van der Waals surface area contributed by atoms with Gasteiger partial charge in [0.25, 0.3) is 0 Å². The number of carbonyl (C=O) groups excluding carboxylic acids is 2. The zero-order chi connectivity index (χ0) is 22.5. The molecule has 160 valence electrons. The van der Waals surface area contributed by atoms with Crippen LogP contribution in [-0.2, 0) is 9.47 Å². The lowest BCUT2D eigenvalue weighted by molar-refractivity contribution is 0.0613. The van der Waals surface area contributed by atoms with Crippen molar-refractivity contribution in [1.29, 1.82) is 0 Å². The second kappa shape index (κ2) is 9.60. The summed E-state index contributed by atoms with van der Waals surface area (Å²) in [7, 11) is 0. The van der Waals surface area contributed by atoms with E-state index in [-0.39, 0.29) is 23.0 Å². The minimum atomic E-state index is -0.777. The normalized spacial score (nSPS) is 11.6. The summed E-state index contributed by atoms with van der Waals surface area (Å²) in [6.45, 7) is 0. The molecule has 4 aromatic rings. The molecule has 0 aliphatic heterocycles. The van der Waals surface area contributed by atoms with Crippen LogP contribution >= 0.6 is 23.2 Å². The summed E-state index contributed by atoms with van der Waals surface area (Å²) in [5.41, 5.74) is 0.873. The van der Waals surface area contributed by atoms with E-state index in [1.165, 1.54) is 24.7 Å². The van der Waals surface area contributed by atoms with E-state index in [0.29, 0.717) is 21.2 Å². The van der Waals surface area contributed by atoms with E-state index in [1.807, 2.05) is 0 Å². The van der Waals surface area contributed by atoms with Crippen molar-refractivity contribution in [2.75, 3.05) is 0 Å². The number of carbonyl (C=O) groups is 2. The van der Waals surface area contributed by atoms with Crippen LogP contribution in [0.5, 0.6) is 0 Å². The fourth-order valence-electron chi connectivity index (χ4n) is 2.75. The van der Waals surface area contributed by atoms with Gasteiger partial charge in [-0.05, 0) is 72.8 Å². The second-order valence-electron chi connectivity index (χ2n) is 6.41. The van der Waals surface area contributed by atoms with Gasteiger partial charge in [-0.2, -0.15) is 0 Å². The van der Waals surface area contributed by atoms with Crippen LogP contribution in [0.15, 0.2) is 94.2 Å². The molecule has 0 fully saturated rings. The molecule has 4 rings (SSSR count). The van der Waals surface area contributed by atoms with Crippen molar-refractivity contribution < 1.29 is 27.9 Å². The van der Waals surface area contributed by atoms with E-state index < -0.39 is 11.9 Å². The van der Waals surface area contributed by atoms with Crippen LogP contribution in [0.2, 0.25) is 10.0 Å². The van der Waals surface area contributed by atoms with E-state index >= 15 is 0 Å². The Morgan fingerprint density at radius 2 is 0.969 bits per heavy atom. The van der Waals surface area contributed by atoms with Gasteiger partial charge >= 0.3 is 11.9 Å². The van der Waals surface area contributed by atoms with Crippen molar-refractivity contribution >= 4 is 46.7 Å². The molecule has 0 atom stereocenters. The minimum absolute atomic E-state index is 0.0229. The van der Waals surface area contributed by atoms with Crippen molar-refractivity contribution in [2.24, 2.45) is 0 Å². The predicted octanol–water partition coefficient (Wildman–Crippen LogP) is 6.72. The van der Waals surface area contributed by atoms with Gasteiger partial charge in [0.15, 0.2) is 11.5 Å². The lowest BCUT2D eigenvalue weighted by Gasteiger charge is -2.15. The highest BCUT2D eigenvalue weighted by Gasteiger charge is 2.24. The van der Waals surface area contributed by atoms with Gasteiger partial charge in [0.2, 0.25) is 11.5 Å². The maximum Gasteiger partial charge on any atom is 0.379 e. The highest BCUT2D eigenvalue weighted by atomic mass is 35.5. The van der Waals surface area contributed by atoms with Crippen LogP contribution in [0.3, 0.4) is 0 Å². The molecule has 2 aromatic carbocycles. The van der Waals surface area contributed by atoms with Crippen LogP contribution in [0.25, 0.3) is 11.5 Å². The van der Waals surface area contributed by atoms with Gasteiger partial charge < -0.3 is 18.3 Å². The smallest absolute Gasteiger partial charge is 0.379 e. The maximum atomic E-state index is 12.7. The van der Waals surface area contributed by atoms with Gasteiger partial charge in [-0.1, -0.05) is 23.2 Å². The van der Waals surface area contributed by atoms with E-state index in [4.69, 9.17) is 41.5 Å². The first-order valence-corrected chi connectivity index (χ1v) is 10.0. The number of esters is 2. The molecule has 0 aliphatic carbocycles. The van der Waals surface area contributed by atoms with Crippen LogP contribution in [0.4, 0.5) is 0 Å². The van der Waals surface area contributed by atoms with Gasteiger partial charge in [0.05, 0.1) is 12.5 Å². The Morgan fingerprint density at radius 1 is 0.594 bits per heavy atom. The van der Waals surface area contributed by atoms with Crippen molar-refractivity contribution in [3.05, 3.63) is 118 Å². The monoisotopic (exact) mass is 468 g/mol. The highest BCUT2D eigenvalue weighted by molar-refractivity contribution is 6.31. The summed E-state index contributed by atoms with van der Waals surface area (Å²) < 4.78 is 21.6. The molecule has 6 nitrogen and oxygen atoms in total. The molecule has 0 N–H and O–H groups in total. The molecule has 0 spiro atoms. The largest absolute Gasteiger partial charge is 0.457 e. The van der Waals surface area contributed by atoms with Crippen molar-refractivity contribution in [3.8, 4) is 0 Å². The fourth-order valence-corrected chi connectivity index (χ4v) is 3.00. The molecular weight excluding hydrogens is 455 g/mol. The summed E-state index contributed by atoms with van der Waals surface area (Å²) in [6, 6.07) is 19.0. The summed E-state index contributed by atoms with van der Waals surface area (Å²) in [6.07, 6.45) is 2.69. The van der Waals surface area contributed by atoms with Crippen LogP contribution in [-0.4, -0.2) is 11.9 Å². The van der Waals surface area contributed by atoms with E-state index in [0.717, 1.165) is 0 Å². The highest BCUT2D eigenvalue weighted by Crippen LogP contribution is 2.32. The molecule has 8 heteroatoms. The minimum Gasteiger partial charge on any atom is -0.457 e. The average molecular weight is 469 g/mol. The third-order valence-electron chi connectivity index (χ3n) is 4.25. The molecule has 0 aliphatic rings. The molecule has 0 amide bonds. The van der Waals surface area contributed by atoms with Crippen molar-refractivity contribution in [2.45, 2.75) is 0 Å². The number of rotatable bonds is 6. The Morgan fingerprint density at radius 3 is 1.28 bits per heavy atom. The molecule has 0 bridgehead atoms. The number of benzene rings is 2. The molecule has 0 unspecified atom stereocenters. The number of hydrogen-bond donors (Lipinski definition) is 0. The summed E-state index contributed by atoms with van der Waals surface area (Å²) in [5.74, 6) is -1.65. The molecule has 2 aromatic heterocycles.